The summed E-state index contributed by atoms with van der Waals surface area (Å²) in [6, 6.07) is 9.68. The van der Waals surface area contributed by atoms with Gasteiger partial charge in [-0.05, 0) is 11.1 Å². The van der Waals surface area contributed by atoms with E-state index in [0.29, 0.717) is 13.2 Å². The van der Waals surface area contributed by atoms with Crippen LogP contribution in [0.25, 0.3) is 5.57 Å². The van der Waals surface area contributed by atoms with Gasteiger partial charge >= 0.3 is 0 Å². The molecule has 0 N–H and O–H groups in total. The third kappa shape index (κ3) is 2.89. The monoisotopic (exact) mass is 238 g/mol. The summed E-state index contributed by atoms with van der Waals surface area (Å²) in [6.45, 7) is 4.96. The van der Waals surface area contributed by atoms with Crippen molar-refractivity contribution in [2.75, 3.05) is 19.4 Å². The highest BCUT2D eigenvalue weighted by atomic mass is 31.2. The largest absolute Gasteiger partial charge is 0.631 e. The lowest BCUT2D eigenvalue weighted by Gasteiger charge is -2.31. The fourth-order valence-electron chi connectivity index (χ4n) is 1.59. The van der Waals surface area contributed by atoms with E-state index in [9.17, 15) is 4.89 Å². The van der Waals surface area contributed by atoms with Crippen LogP contribution in [0.5, 0.6) is 0 Å². The third-order valence-electron chi connectivity index (χ3n) is 2.43. The number of hydrogen-bond acceptors (Lipinski definition) is 3. The maximum Gasteiger partial charge on any atom is 0.242 e. The van der Waals surface area contributed by atoms with Crippen LogP contribution in [0.1, 0.15) is 12.0 Å². The Morgan fingerprint density at radius 1 is 1.25 bits per heavy atom. The number of hydrogen-bond donors (Lipinski definition) is 0. The molecule has 0 radical (unpaired) electrons. The molecular weight excluding hydrogens is 223 g/mol. The zero-order chi connectivity index (χ0) is 11.4. The lowest BCUT2D eigenvalue weighted by Crippen LogP contribution is -2.25. The molecule has 16 heavy (non-hydrogen) atoms. The second-order valence-corrected chi connectivity index (χ2v) is 5.81. The summed E-state index contributed by atoms with van der Waals surface area (Å²) in [6.07, 6.45) is 1.08. The van der Waals surface area contributed by atoms with Crippen LogP contribution in [0.3, 0.4) is 0 Å². The second kappa shape index (κ2) is 5.07. The molecule has 0 atom stereocenters. The van der Waals surface area contributed by atoms with Gasteiger partial charge in [0, 0.05) is 6.42 Å². The highest BCUT2D eigenvalue weighted by molar-refractivity contribution is 7.59. The smallest absolute Gasteiger partial charge is 0.242 e. The van der Waals surface area contributed by atoms with E-state index in [0.717, 1.165) is 17.6 Å². The predicted molar refractivity (Wildman–Crippen MR) is 63.8 cm³/mol. The first kappa shape index (κ1) is 11.7. The third-order valence-corrected chi connectivity index (χ3v) is 4.35. The summed E-state index contributed by atoms with van der Waals surface area (Å²) in [7, 11) is -2.93. The van der Waals surface area contributed by atoms with E-state index in [1.165, 1.54) is 0 Å². The van der Waals surface area contributed by atoms with Crippen molar-refractivity contribution in [2.45, 2.75) is 6.42 Å². The lowest BCUT2D eigenvalue weighted by molar-refractivity contribution is -0.223. The zero-order valence-corrected chi connectivity index (χ0v) is 9.99. The average Bonchev–Trinajstić information content (AvgIpc) is 2.30. The molecule has 3 nitrogen and oxygen atoms in total. The SMILES string of the molecule is C=C(C[P+]1([O-])OCCCO1)c1ccccc1. The van der Waals surface area contributed by atoms with Crippen LogP contribution < -0.4 is 4.89 Å². The Morgan fingerprint density at radius 2 is 1.88 bits per heavy atom. The van der Waals surface area contributed by atoms with E-state index in [1.807, 2.05) is 30.3 Å². The maximum atomic E-state index is 12.1. The molecule has 1 aromatic carbocycles. The summed E-state index contributed by atoms with van der Waals surface area (Å²) in [4.78, 5) is 12.1. The number of allylic oxidation sites excluding steroid dienone is 1. The van der Waals surface area contributed by atoms with Gasteiger partial charge in [0.15, 0.2) is 0 Å². The van der Waals surface area contributed by atoms with Gasteiger partial charge in [0.2, 0.25) is 7.94 Å². The van der Waals surface area contributed by atoms with Gasteiger partial charge in [-0.25, -0.2) is 9.05 Å². The van der Waals surface area contributed by atoms with Gasteiger partial charge in [0.1, 0.15) is 6.16 Å². The van der Waals surface area contributed by atoms with Gasteiger partial charge in [-0.3, -0.25) is 0 Å². The summed E-state index contributed by atoms with van der Waals surface area (Å²) in [5, 5.41) is 0. The van der Waals surface area contributed by atoms with Gasteiger partial charge in [-0.2, -0.15) is 0 Å². The maximum absolute atomic E-state index is 12.1. The molecule has 0 amide bonds. The van der Waals surface area contributed by atoms with Crippen LogP contribution in [0.4, 0.5) is 0 Å². The fourth-order valence-corrected chi connectivity index (χ4v) is 3.32. The van der Waals surface area contributed by atoms with Crippen LogP contribution in [-0.4, -0.2) is 19.4 Å². The first-order valence-corrected chi connectivity index (χ1v) is 7.04. The van der Waals surface area contributed by atoms with Gasteiger partial charge in [0.05, 0.1) is 13.2 Å². The molecule has 1 fully saturated rings. The van der Waals surface area contributed by atoms with Crippen LogP contribution in [-0.2, 0) is 9.05 Å². The molecular formula is C12H15O3P. The molecule has 1 saturated heterocycles. The standard InChI is InChI=1S/C12H15O3P/c1-11(12-6-3-2-4-7-12)10-16(13)14-8-5-9-15-16/h2-4,6-7H,1,5,8-10H2. The van der Waals surface area contributed by atoms with Gasteiger partial charge in [0.25, 0.3) is 0 Å². The quantitative estimate of drug-likeness (QED) is 0.758. The highest BCUT2D eigenvalue weighted by Gasteiger charge is 2.34. The van der Waals surface area contributed by atoms with Gasteiger partial charge in [-0.1, -0.05) is 36.9 Å². The second-order valence-electron chi connectivity index (χ2n) is 3.76. The van der Waals surface area contributed by atoms with E-state index in [1.54, 1.807) is 0 Å². The van der Waals surface area contributed by atoms with Crippen molar-refractivity contribution >= 4 is 13.5 Å². The van der Waals surface area contributed by atoms with Crippen LogP contribution in [0.2, 0.25) is 0 Å². The average molecular weight is 238 g/mol. The Morgan fingerprint density at radius 3 is 2.50 bits per heavy atom. The summed E-state index contributed by atoms with van der Waals surface area (Å²) < 4.78 is 10.5. The molecule has 0 unspecified atom stereocenters. The summed E-state index contributed by atoms with van der Waals surface area (Å²) in [5.74, 6) is 0. The summed E-state index contributed by atoms with van der Waals surface area (Å²) >= 11 is 0. The van der Waals surface area contributed by atoms with Crippen molar-refractivity contribution in [1.29, 1.82) is 0 Å². The van der Waals surface area contributed by atoms with Crippen LogP contribution >= 0.6 is 7.94 Å². The predicted octanol–water partition coefficient (Wildman–Crippen LogP) is 2.26. The van der Waals surface area contributed by atoms with E-state index < -0.39 is 7.94 Å². The topological polar surface area (TPSA) is 41.5 Å². The molecule has 1 aliphatic rings. The molecule has 2 rings (SSSR count). The molecule has 86 valence electrons. The molecule has 0 spiro atoms. The highest BCUT2D eigenvalue weighted by Crippen LogP contribution is 2.56. The van der Waals surface area contributed by atoms with Gasteiger partial charge < -0.3 is 4.89 Å². The van der Waals surface area contributed by atoms with Crippen molar-refractivity contribution in [3.8, 4) is 0 Å². The van der Waals surface area contributed by atoms with E-state index in [2.05, 4.69) is 6.58 Å². The van der Waals surface area contributed by atoms with Crippen LogP contribution in [0, 0.1) is 0 Å². The normalized spacial score (nSPS) is 19.3. The first-order valence-electron chi connectivity index (χ1n) is 5.31. The van der Waals surface area contributed by atoms with E-state index in [4.69, 9.17) is 9.05 Å². The van der Waals surface area contributed by atoms with Crippen molar-refractivity contribution in [3.63, 3.8) is 0 Å². The minimum atomic E-state index is -2.93. The van der Waals surface area contributed by atoms with Crippen molar-refractivity contribution < 1.29 is 13.9 Å². The Balaban J connectivity index is 2.01. The molecule has 0 saturated carbocycles. The molecule has 1 aromatic rings. The van der Waals surface area contributed by atoms with Crippen molar-refractivity contribution in [2.24, 2.45) is 0 Å². The minimum Gasteiger partial charge on any atom is -0.631 e. The Labute approximate surface area is 96.3 Å². The van der Waals surface area contributed by atoms with E-state index in [-0.39, 0.29) is 6.16 Å². The molecule has 0 aromatic heterocycles. The Hall–Kier alpha value is -0.730. The van der Waals surface area contributed by atoms with Crippen LogP contribution in [0.15, 0.2) is 36.9 Å². The molecule has 4 heteroatoms. The molecule has 1 aliphatic heterocycles. The first-order chi connectivity index (χ1) is 7.70. The molecule has 0 bridgehead atoms. The zero-order valence-electron chi connectivity index (χ0n) is 9.09. The van der Waals surface area contributed by atoms with Crippen molar-refractivity contribution in [1.82, 2.24) is 0 Å². The Bertz CT molecular complexity index is 358. The number of benzene rings is 1. The molecule has 0 aliphatic carbocycles. The Kier molecular flexibility index (Phi) is 3.72. The van der Waals surface area contributed by atoms with E-state index >= 15 is 0 Å². The van der Waals surface area contributed by atoms with Crippen molar-refractivity contribution in [3.05, 3.63) is 42.5 Å². The van der Waals surface area contributed by atoms with Gasteiger partial charge in [-0.15, -0.1) is 0 Å². The fraction of sp³-hybridized carbons (Fsp3) is 0.333. The minimum absolute atomic E-state index is 0.275. The molecule has 1 heterocycles. The number of rotatable bonds is 3. The lowest BCUT2D eigenvalue weighted by atomic mass is 10.1. The summed E-state index contributed by atoms with van der Waals surface area (Å²) in [5.41, 5.74) is 1.78.